The van der Waals surface area contributed by atoms with Crippen LogP contribution in [0.15, 0.2) is 65.7 Å². The average Bonchev–Trinajstić information content (AvgIpc) is 3.00. The van der Waals surface area contributed by atoms with Gasteiger partial charge >= 0.3 is 0 Å². The number of benzene rings is 1. The van der Waals surface area contributed by atoms with Crippen molar-refractivity contribution in [3.8, 4) is 11.6 Å². The van der Waals surface area contributed by atoms with Gasteiger partial charge in [-0.05, 0) is 18.2 Å². The molecule has 4 aromatic rings. The van der Waals surface area contributed by atoms with E-state index in [2.05, 4.69) is 20.4 Å². The number of nitrogens with zero attached hydrogens (tertiary/aromatic N) is 4. The molecule has 0 atom stereocenters. The molecule has 3 heterocycles. The first-order valence-electron chi connectivity index (χ1n) is 7.09. The maximum absolute atomic E-state index is 11.7. The summed E-state index contributed by atoms with van der Waals surface area (Å²) in [6, 6.07) is 14.3. The molecule has 0 saturated carbocycles. The number of pyridine rings is 1. The molecule has 118 valence electrons. The fourth-order valence-electron chi connectivity index (χ4n) is 2.08. The Morgan fingerprint density at radius 2 is 2.00 bits per heavy atom. The maximum atomic E-state index is 11.7. The molecule has 0 amide bonds. The molecule has 0 aliphatic rings. The third-order valence-corrected chi connectivity index (χ3v) is 3.95. The second-order valence-electron chi connectivity index (χ2n) is 4.81. The Hall–Kier alpha value is -3.26. The molecule has 1 aromatic carbocycles. The van der Waals surface area contributed by atoms with Gasteiger partial charge in [0.15, 0.2) is 0 Å². The second-order valence-corrected chi connectivity index (χ2v) is 5.76. The molecule has 0 bridgehead atoms. The van der Waals surface area contributed by atoms with E-state index in [1.165, 1.54) is 28.1 Å². The van der Waals surface area contributed by atoms with E-state index in [1.807, 2.05) is 36.4 Å². The number of ether oxygens (including phenoxy) is 1. The smallest absolute Gasteiger partial charge is 0.275 e. The predicted molar refractivity (Wildman–Crippen MR) is 91.2 cm³/mol. The summed E-state index contributed by atoms with van der Waals surface area (Å²) in [5.41, 5.74) is 0.576. The average molecular weight is 337 g/mol. The van der Waals surface area contributed by atoms with Crippen molar-refractivity contribution in [2.45, 2.75) is 0 Å². The number of nitrogens with one attached hydrogen (secondary N) is 1. The molecule has 8 heteroatoms. The summed E-state index contributed by atoms with van der Waals surface area (Å²) in [6.45, 7) is 0. The van der Waals surface area contributed by atoms with Crippen LogP contribution in [0.4, 0.5) is 10.8 Å². The lowest BCUT2D eigenvalue weighted by atomic mass is 10.3. The van der Waals surface area contributed by atoms with E-state index < -0.39 is 0 Å². The van der Waals surface area contributed by atoms with Crippen molar-refractivity contribution in [3.05, 3.63) is 71.3 Å². The van der Waals surface area contributed by atoms with E-state index in [4.69, 9.17) is 4.74 Å². The van der Waals surface area contributed by atoms with E-state index in [-0.39, 0.29) is 5.56 Å². The largest absolute Gasteiger partial charge is 0.439 e. The van der Waals surface area contributed by atoms with Gasteiger partial charge in [-0.1, -0.05) is 23.5 Å². The van der Waals surface area contributed by atoms with Crippen LogP contribution in [0.5, 0.6) is 11.6 Å². The van der Waals surface area contributed by atoms with Crippen LogP contribution in [-0.2, 0) is 0 Å². The van der Waals surface area contributed by atoms with Gasteiger partial charge in [0.1, 0.15) is 5.75 Å². The number of fused-ring (bicyclic) bond motifs is 1. The van der Waals surface area contributed by atoms with Crippen LogP contribution < -0.4 is 15.6 Å². The van der Waals surface area contributed by atoms with E-state index in [0.717, 1.165) is 5.69 Å². The SMILES string of the molecule is O=c1ccnc2sc(Nc3cccc(Oc4ccccn4)c3)nn12. The molecule has 0 aliphatic heterocycles. The number of aromatic nitrogens is 4. The molecule has 7 nitrogen and oxygen atoms in total. The zero-order chi connectivity index (χ0) is 16.4. The van der Waals surface area contributed by atoms with Crippen molar-refractivity contribution in [3.63, 3.8) is 0 Å². The van der Waals surface area contributed by atoms with Crippen molar-refractivity contribution in [2.75, 3.05) is 5.32 Å². The van der Waals surface area contributed by atoms with Gasteiger partial charge in [0.05, 0.1) is 0 Å². The number of hydrogen-bond acceptors (Lipinski definition) is 7. The molecule has 4 rings (SSSR count). The zero-order valence-corrected chi connectivity index (χ0v) is 13.1. The fraction of sp³-hybridized carbons (Fsp3) is 0. The predicted octanol–water partition coefficient (Wildman–Crippen LogP) is 3.08. The number of hydrogen-bond donors (Lipinski definition) is 1. The molecule has 0 spiro atoms. The van der Waals surface area contributed by atoms with Crippen LogP contribution in [-0.4, -0.2) is 19.6 Å². The van der Waals surface area contributed by atoms with Gasteiger partial charge in [0, 0.05) is 36.3 Å². The van der Waals surface area contributed by atoms with E-state index in [1.54, 1.807) is 12.3 Å². The lowest BCUT2D eigenvalue weighted by Crippen LogP contribution is -2.12. The first-order valence-corrected chi connectivity index (χ1v) is 7.90. The highest BCUT2D eigenvalue weighted by Crippen LogP contribution is 2.26. The lowest BCUT2D eigenvalue weighted by Gasteiger charge is -2.07. The van der Waals surface area contributed by atoms with Gasteiger partial charge in [-0.2, -0.15) is 4.52 Å². The van der Waals surface area contributed by atoms with E-state index in [0.29, 0.717) is 21.7 Å². The van der Waals surface area contributed by atoms with Gasteiger partial charge in [-0.25, -0.2) is 9.97 Å². The van der Waals surface area contributed by atoms with Crippen LogP contribution in [0.25, 0.3) is 4.96 Å². The molecule has 0 unspecified atom stereocenters. The summed E-state index contributed by atoms with van der Waals surface area (Å²) in [4.78, 5) is 20.5. The minimum Gasteiger partial charge on any atom is -0.439 e. The fourth-order valence-corrected chi connectivity index (χ4v) is 2.88. The van der Waals surface area contributed by atoms with E-state index >= 15 is 0 Å². The summed E-state index contributed by atoms with van der Waals surface area (Å²) >= 11 is 1.29. The highest BCUT2D eigenvalue weighted by molar-refractivity contribution is 7.20. The van der Waals surface area contributed by atoms with Gasteiger partial charge in [0.2, 0.25) is 16.0 Å². The van der Waals surface area contributed by atoms with Crippen molar-refractivity contribution in [1.29, 1.82) is 0 Å². The van der Waals surface area contributed by atoms with Gasteiger partial charge in [0.25, 0.3) is 5.56 Å². The molecule has 0 aliphatic carbocycles. The maximum Gasteiger partial charge on any atom is 0.275 e. The monoisotopic (exact) mass is 337 g/mol. The molecule has 1 N–H and O–H groups in total. The summed E-state index contributed by atoms with van der Waals surface area (Å²) in [6.07, 6.45) is 3.14. The number of rotatable bonds is 4. The summed E-state index contributed by atoms with van der Waals surface area (Å²) in [5.74, 6) is 1.17. The summed E-state index contributed by atoms with van der Waals surface area (Å²) in [7, 11) is 0. The van der Waals surface area contributed by atoms with Crippen LogP contribution in [0.1, 0.15) is 0 Å². The Morgan fingerprint density at radius 1 is 1.04 bits per heavy atom. The molecular weight excluding hydrogens is 326 g/mol. The molecule has 0 radical (unpaired) electrons. The highest BCUT2D eigenvalue weighted by atomic mass is 32.1. The Kier molecular flexibility index (Phi) is 3.64. The van der Waals surface area contributed by atoms with Gasteiger partial charge in [-0.3, -0.25) is 4.79 Å². The van der Waals surface area contributed by atoms with Crippen molar-refractivity contribution >= 4 is 27.1 Å². The molecular formula is C16H11N5O2S. The third-order valence-electron chi connectivity index (χ3n) is 3.12. The second kappa shape index (κ2) is 6.09. The Labute approximate surface area is 140 Å². The first-order chi connectivity index (χ1) is 11.8. The molecule has 3 aromatic heterocycles. The molecule has 0 fully saturated rings. The van der Waals surface area contributed by atoms with Crippen LogP contribution in [0.2, 0.25) is 0 Å². The Morgan fingerprint density at radius 3 is 2.83 bits per heavy atom. The minimum atomic E-state index is -0.212. The molecule has 0 saturated heterocycles. The van der Waals surface area contributed by atoms with Crippen LogP contribution >= 0.6 is 11.3 Å². The summed E-state index contributed by atoms with van der Waals surface area (Å²) in [5, 5.41) is 7.94. The zero-order valence-electron chi connectivity index (χ0n) is 12.3. The van der Waals surface area contributed by atoms with Crippen LogP contribution in [0, 0.1) is 0 Å². The Balaban J connectivity index is 1.59. The number of anilines is 2. The first kappa shape index (κ1) is 14.3. The Bertz CT molecular complexity index is 1040. The van der Waals surface area contributed by atoms with Gasteiger partial charge < -0.3 is 10.1 Å². The quantitative estimate of drug-likeness (QED) is 0.616. The highest BCUT2D eigenvalue weighted by Gasteiger charge is 2.07. The van der Waals surface area contributed by atoms with E-state index in [9.17, 15) is 4.79 Å². The lowest BCUT2D eigenvalue weighted by molar-refractivity contribution is 0.463. The molecule has 24 heavy (non-hydrogen) atoms. The standard InChI is InChI=1S/C16H11N5O2S/c22-14-7-9-18-16-21(14)20-15(24-16)19-11-4-3-5-12(10-11)23-13-6-1-2-8-17-13/h1-10H,(H,19,20). The third kappa shape index (κ3) is 2.95. The van der Waals surface area contributed by atoms with Crippen LogP contribution in [0.3, 0.4) is 0 Å². The van der Waals surface area contributed by atoms with Crippen molar-refractivity contribution in [1.82, 2.24) is 19.6 Å². The summed E-state index contributed by atoms with van der Waals surface area (Å²) < 4.78 is 6.96. The minimum absolute atomic E-state index is 0.212. The van der Waals surface area contributed by atoms with Crippen molar-refractivity contribution < 1.29 is 4.74 Å². The topological polar surface area (TPSA) is 81.4 Å². The van der Waals surface area contributed by atoms with Gasteiger partial charge in [-0.15, -0.1) is 5.10 Å². The van der Waals surface area contributed by atoms with Crippen molar-refractivity contribution in [2.24, 2.45) is 0 Å². The normalized spacial score (nSPS) is 10.7.